The van der Waals surface area contributed by atoms with Gasteiger partial charge in [0.05, 0.1) is 16.2 Å². The minimum atomic E-state index is -1.11. The van der Waals surface area contributed by atoms with E-state index < -0.39 is 22.8 Å². The molecule has 1 atom stereocenters. The van der Waals surface area contributed by atoms with Crippen LogP contribution in [0.1, 0.15) is 35.3 Å². The number of carboxylic acid groups (broad SMARTS) is 1. The molecule has 8 nitrogen and oxygen atoms in total. The van der Waals surface area contributed by atoms with E-state index in [0.717, 1.165) is 25.1 Å². The SMILES string of the molecule is Cc1ncc([N+](=O)[O-])cc1C(=O)NC(CC1CC1)C(=O)O. The van der Waals surface area contributed by atoms with Gasteiger partial charge in [0, 0.05) is 6.07 Å². The molecule has 0 saturated heterocycles. The van der Waals surface area contributed by atoms with Crippen LogP contribution in [0.2, 0.25) is 0 Å². The quantitative estimate of drug-likeness (QED) is 0.601. The number of rotatable bonds is 6. The van der Waals surface area contributed by atoms with Crippen LogP contribution < -0.4 is 5.32 Å². The summed E-state index contributed by atoms with van der Waals surface area (Å²) in [6.07, 6.45) is 3.38. The van der Waals surface area contributed by atoms with Gasteiger partial charge in [-0.05, 0) is 19.3 Å². The largest absolute Gasteiger partial charge is 0.480 e. The number of carbonyl (C=O) groups is 2. The Labute approximate surface area is 120 Å². The number of aliphatic carboxylic acids is 1. The second-order valence-electron chi connectivity index (χ2n) is 5.13. The van der Waals surface area contributed by atoms with Crippen LogP contribution in [0.4, 0.5) is 5.69 Å². The van der Waals surface area contributed by atoms with Crippen molar-refractivity contribution >= 4 is 17.6 Å². The number of nitrogens with one attached hydrogen (secondary N) is 1. The lowest BCUT2D eigenvalue weighted by molar-refractivity contribution is -0.385. The summed E-state index contributed by atoms with van der Waals surface area (Å²) in [5.74, 6) is -1.43. The molecule has 1 fully saturated rings. The van der Waals surface area contributed by atoms with Crippen molar-refractivity contribution < 1.29 is 19.6 Å². The molecule has 1 unspecified atom stereocenters. The van der Waals surface area contributed by atoms with Crippen LogP contribution in [0.15, 0.2) is 12.3 Å². The van der Waals surface area contributed by atoms with Gasteiger partial charge in [-0.15, -0.1) is 0 Å². The van der Waals surface area contributed by atoms with E-state index in [1.54, 1.807) is 0 Å². The lowest BCUT2D eigenvalue weighted by Crippen LogP contribution is -2.41. The fourth-order valence-electron chi connectivity index (χ4n) is 2.00. The number of amides is 1. The average Bonchev–Trinajstić information content (AvgIpc) is 3.21. The molecule has 2 N–H and O–H groups in total. The third-order valence-electron chi connectivity index (χ3n) is 3.40. The molecule has 1 aromatic heterocycles. The third-order valence-corrected chi connectivity index (χ3v) is 3.40. The van der Waals surface area contributed by atoms with Gasteiger partial charge in [0.1, 0.15) is 12.2 Å². The summed E-state index contributed by atoms with van der Waals surface area (Å²) in [6, 6.07) is 0.122. The van der Waals surface area contributed by atoms with Crippen molar-refractivity contribution in [2.45, 2.75) is 32.2 Å². The van der Waals surface area contributed by atoms with Gasteiger partial charge in [0.15, 0.2) is 0 Å². The predicted octanol–water partition coefficient (Wildman–Crippen LogP) is 1.28. The highest BCUT2D eigenvalue weighted by molar-refractivity contribution is 5.97. The van der Waals surface area contributed by atoms with Crippen molar-refractivity contribution in [3.8, 4) is 0 Å². The van der Waals surface area contributed by atoms with Crippen LogP contribution in [-0.4, -0.2) is 32.9 Å². The Hall–Kier alpha value is -2.51. The van der Waals surface area contributed by atoms with Crippen LogP contribution >= 0.6 is 0 Å². The molecule has 1 amide bonds. The van der Waals surface area contributed by atoms with Crippen LogP contribution in [-0.2, 0) is 4.79 Å². The van der Waals surface area contributed by atoms with Gasteiger partial charge in [0.25, 0.3) is 11.6 Å². The molecule has 21 heavy (non-hydrogen) atoms. The molecular formula is C13H15N3O5. The standard InChI is InChI=1S/C13H15N3O5/c1-7-10(5-9(6-14-7)16(20)21)12(17)15-11(13(18)19)4-8-2-3-8/h5-6,8,11H,2-4H2,1H3,(H,15,17)(H,18,19). The number of pyridine rings is 1. The highest BCUT2D eigenvalue weighted by atomic mass is 16.6. The topological polar surface area (TPSA) is 122 Å². The van der Waals surface area contributed by atoms with Gasteiger partial charge in [-0.3, -0.25) is 19.9 Å². The molecule has 1 aliphatic carbocycles. The van der Waals surface area contributed by atoms with E-state index in [1.807, 2.05) is 0 Å². The summed E-state index contributed by atoms with van der Waals surface area (Å²) < 4.78 is 0. The summed E-state index contributed by atoms with van der Waals surface area (Å²) in [5, 5.41) is 22.2. The number of nitro groups is 1. The van der Waals surface area contributed by atoms with Gasteiger partial charge >= 0.3 is 5.97 Å². The zero-order valence-corrected chi connectivity index (χ0v) is 11.4. The number of aromatic nitrogens is 1. The molecule has 1 aromatic rings. The van der Waals surface area contributed by atoms with Gasteiger partial charge in [-0.2, -0.15) is 0 Å². The van der Waals surface area contributed by atoms with Crippen molar-refractivity contribution in [1.82, 2.24) is 10.3 Å². The van der Waals surface area contributed by atoms with E-state index in [0.29, 0.717) is 18.0 Å². The number of carbonyl (C=O) groups excluding carboxylic acids is 1. The lowest BCUT2D eigenvalue weighted by atomic mass is 10.1. The van der Waals surface area contributed by atoms with E-state index in [4.69, 9.17) is 5.11 Å². The number of nitrogens with zero attached hydrogens (tertiary/aromatic N) is 2. The fraction of sp³-hybridized carbons (Fsp3) is 0.462. The van der Waals surface area contributed by atoms with E-state index in [2.05, 4.69) is 10.3 Å². The summed E-state index contributed by atoms with van der Waals surface area (Å²) in [6.45, 7) is 1.54. The maximum absolute atomic E-state index is 12.1. The summed E-state index contributed by atoms with van der Waals surface area (Å²) >= 11 is 0. The molecule has 0 spiro atoms. The average molecular weight is 293 g/mol. The van der Waals surface area contributed by atoms with Crippen molar-refractivity contribution in [3.63, 3.8) is 0 Å². The van der Waals surface area contributed by atoms with Gasteiger partial charge < -0.3 is 10.4 Å². The molecule has 0 bridgehead atoms. The van der Waals surface area contributed by atoms with Crippen molar-refractivity contribution in [1.29, 1.82) is 0 Å². The second-order valence-corrected chi connectivity index (χ2v) is 5.13. The second kappa shape index (κ2) is 5.86. The minimum absolute atomic E-state index is 0.0197. The van der Waals surface area contributed by atoms with Crippen LogP contribution in [0.25, 0.3) is 0 Å². The molecule has 2 rings (SSSR count). The first kappa shape index (κ1) is 14.9. The highest BCUT2D eigenvalue weighted by Crippen LogP contribution is 2.33. The Morgan fingerprint density at radius 3 is 2.76 bits per heavy atom. The number of carboxylic acids is 1. The van der Waals surface area contributed by atoms with Crippen molar-refractivity contribution in [3.05, 3.63) is 33.6 Å². The first-order valence-electron chi connectivity index (χ1n) is 6.53. The normalized spacial score (nSPS) is 15.3. The summed E-state index contributed by atoms with van der Waals surface area (Å²) in [7, 11) is 0. The number of aryl methyl sites for hydroxylation is 1. The molecule has 8 heteroatoms. The smallest absolute Gasteiger partial charge is 0.326 e. The molecule has 0 aromatic carbocycles. The zero-order chi connectivity index (χ0) is 15.6. The zero-order valence-electron chi connectivity index (χ0n) is 11.4. The lowest BCUT2D eigenvalue weighted by Gasteiger charge is -2.14. The van der Waals surface area contributed by atoms with E-state index in [9.17, 15) is 19.7 Å². The molecule has 112 valence electrons. The van der Waals surface area contributed by atoms with E-state index >= 15 is 0 Å². The number of hydrogen-bond donors (Lipinski definition) is 2. The van der Waals surface area contributed by atoms with Crippen molar-refractivity contribution in [2.24, 2.45) is 5.92 Å². The Bertz CT molecular complexity index is 597. The highest BCUT2D eigenvalue weighted by Gasteiger charge is 2.31. The summed E-state index contributed by atoms with van der Waals surface area (Å²) in [4.78, 5) is 37.1. The van der Waals surface area contributed by atoms with E-state index in [1.165, 1.54) is 6.92 Å². The molecule has 1 aliphatic rings. The van der Waals surface area contributed by atoms with Crippen molar-refractivity contribution in [2.75, 3.05) is 0 Å². The molecule has 0 aliphatic heterocycles. The van der Waals surface area contributed by atoms with Crippen LogP contribution in [0.5, 0.6) is 0 Å². The maximum atomic E-state index is 12.1. The molecule has 0 radical (unpaired) electrons. The molecule has 1 heterocycles. The van der Waals surface area contributed by atoms with E-state index in [-0.39, 0.29) is 11.3 Å². The first-order chi connectivity index (χ1) is 9.88. The fourth-order valence-corrected chi connectivity index (χ4v) is 2.00. The Balaban J connectivity index is 2.16. The third kappa shape index (κ3) is 3.74. The first-order valence-corrected chi connectivity index (χ1v) is 6.53. The monoisotopic (exact) mass is 293 g/mol. The van der Waals surface area contributed by atoms with Crippen LogP contribution in [0, 0.1) is 23.0 Å². The van der Waals surface area contributed by atoms with Gasteiger partial charge in [0.2, 0.25) is 0 Å². The van der Waals surface area contributed by atoms with Crippen LogP contribution in [0.3, 0.4) is 0 Å². The molecule has 1 saturated carbocycles. The number of hydrogen-bond acceptors (Lipinski definition) is 5. The van der Waals surface area contributed by atoms with Gasteiger partial charge in [-0.1, -0.05) is 12.8 Å². The minimum Gasteiger partial charge on any atom is -0.480 e. The van der Waals surface area contributed by atoms with Gasteiger partial charge in [-0.25, -0.2) is 4.79 Å². The Kier molecular flexibility index (Phi) is 4.15. The molecular weight excluding hydrogens is 278 g/mol. The Morgan fingerprint density at radius 2 is 2.24 bits per heavy atom. The Morgan fingerprint density at radius 1 is 1.57 bits per heavy atom. The maximum Gasteiger partial charge on any atom is 0.326 e. The predicted molar refractivity (Wildman–Crippen MR) is 71.9 cm³/mol. The summed E-state index contributed by atoms with van der Waals surface area (Å²) in [5.41, 5.74) is 0.0275.